The van der Waals surface area contributed by atoms with Crippen molar-refractivity contribution in [1.29, 1.82) is 0 Å². The molecule has 0 atom stereocenters. The molecule has 2 aromatic carbocycles. The van der Waals surface area contributed by atoms with Gasteiger partial charge in [0.25, 0.3) is 12.3 Å². The van der Waals surface area contributed by atoms with Crippen LogP contribution in [0.3, 0.4) is 0 Å². The van der Waals surface area contributed by atoms with E-state index in [0.717, 1.165) is 11.1 Å². The van der Waals surface area contributed by atoms with E-state index in [1.54, 1.807) is 37.1 Å². The number of methoxy groups -OCH3 is 1. The van der Waals surface area contributed by atoms with Crippen LogP contribution in [0.1, 0.15) is 40.4 Å². The molecule has 3 N–H and O–H groups in total. The molecule has 0 unspecified atom stereocenters. The molecule has 1 amide bonds. The molecule has 1 saturated heterocycles. The van der Waals surface area contributed by atoms with Gasteiger partial charge in [0.1, 0.15) is 11.6 Å². The Kier molecular flexibility index (Phi) is 6.87. The third kappa shape index (κ3) is 4.91. The first-order valence-corrected chi connectivity index (χ1v) is 11.0. The Hall–Kier alpha value is -3.40. The lowest BCUT2D eigenvalue weighted by Crippen LogP contribution is -2.36. The highest BCUT2D eigenvalue weighted by atomic mass is 19.3. The van der Waals surface area contributed by atoms with Gasteiger partial charge in [-0.2, -0.15) is 0 Å². The summed E-state index contributed by atoms with van der Waals surface area (Å²) in [7, 11) is 1.54. The minimum absolute atomic E-state index is 0.0578. The van der Waals surface area contributed by atoms with Gasteiger partial charge in [-0.25, -0.2) is 13.2 Å². The maximum absolute atomic E-state index is 14.6. The minimum Gasteiger partial charge on any atom is -0.496 e. The number of aryl methyl sites for hydroxylation is 1. The largest absolute Gasteiger partial charge is 0.496 e. The fraction of sp³-hybridized carbons (Fsp3) is 0.375. The molecule has 0 bridgehead atoms. The number of likely N-dealkylation sites (tertiary alicyclic amines) is 1. The number of anilines is 2. The lowest BCUT2D eigenvalue weighted by molar-refractivity contribution is 0.0752. The topological polar surface area (TPSA) is 93.4 Å². The van der Waals surface area contributed by atoms with Gasteiger partial charge in [-0.15, -0.1) is 10.2 Å². The van der Waals surface area contributed by atoms with Crippen molar-refractivity contribution in [2.75, 3.05) is 32.1 Å². The monoisotopic (exact) mass is 473 g/mol. The van der Waals surface area contributed by atoms with Crippen LogP contribution in [0, 0.1) is 12.7 Å². The molecule has 0 spiro atoms. The van der Waals surface area contributed by atoms with Gasteiger partial charge < -0.3 is 15.8 Å². The molecular weight excluding hydrogens is 447 g/mol. The highest BCUT2D eigenvalue weighted by molar-refractivity contribution is 6.06. The number of primary amides is 1. The third-order valence-electron chi connectivity index (χ3n) is 6.15. The number of carbonyl (C=O) groups is 1. The van der Waals surface area contributed by atoms with Crippen LogP contribution in [0.4, 0.5) is 24.5 Å². The van der Waals surface area contributed by atoms with E-state index in [4.69, 9.17) is 10.5 Å². The van der Waals surface area contributed by atoms with E-state index in [1.807, 2.05) is 6.07 Å². The number of rotatable bonds is 7. The first kappa shape index (κ1) is 23.7. The van der Waals surface area contributed by atoms with E-state index in [2.05, 4.69) is 15.5 Å². The number of amides is 1. The average molecular weight is 473 g/mol. The smallest absolute Gasteiger partial charge is 0.271 e. The Morgan fingerprint density at radius 1 is 1.24 bits per heavy atom. The summed E-state index contributed by atoms with van der Waals surface area (Å²) in [4.78, 5) is 13.9. The van der Waals surface area contributed by atoms with Crippen molar-refractivity contribution in [3.05, 3.63) is 53.0 Å². The summed E-state index contributed by atoms with van der Waals surface area (Å²) in [5.41, 5.74) is 7.90. The first-order chi connectivity index (χ1) is 16.3. The molecule has 180 valence electrons. The highest BCUT2D eigenvalue weighted by Crippen LogP contribution is 2.39. The Morgan fingerprint density at radius 3 is 2.59 bits per heavy atom. The maximum Gasteiger partial charge on any atom is 0.271 e. The van der Waals surface area contributed by atoms with Crippen LogP contribution in [-0.4, -0.2) is 54.2 Å². The number of aromatic nitrogens is 2. The molecular formula is C24H26F3N5O2. The highest BCUT2D eigenvalue weighted by Gasteiger charge is 2.26. The molecule has 0 radical (unpaired) electrons. The lowest BCUT2D eigenvalue weighted by atomic mass is 9.87. The van der Waals surface area contributed by atoms with Gasteiger partial charge in [-0.05, 0) is 68.1 Å². The van der Waals surface area contributed by atoms with Crippen molar-refractivity contribution in [2.24, 2.45) is 5.73 Å². The average Bonchev–Trinajstić information content (AvgIpc) is 2.80. The molecule has 7 nitrogen and oxygen atoms in total. The lowest BCUT2D eigenvalue weighted by Gasteiger charge is -2.32. The van der Waals surface area contributed by atoms with E-state index >= 15 is 0 Å². The minimum atomic E-state index is -2.37. The van der Waals surface area contributed by atoms with Crippen LogP contribution in [-0.2, 0) is 0 Å². The number of halogens is 3. The zero-order valence-electron chi connectivity index (χ0n) is 18.9. The van der Waals surface area contributed by atoms with Crippen molar-refractivity contribution >= 4 is 28.2 Å². The fourth-order valence-electron chi connectivity index (χ4n) is 4.42. The number of nitrogens with two attached hydrogens (primary N) is 1. The molecule has 0 aliphatic carbocycles. The Bertz CT molecular complexity index is 1210. The number of alkyl halides is 2. The third-order valence-corrected chi connectivity index (χ3v) is 6.15. The van der Waals surface area contributed by atoms with E-state index in [-0.39, 0.29) is 29.5 Å². The number of fused-ring (bicyclic) bond motifs is 1. The van der Waals surface area contributed by atoms with Gasteiger partial charge >= 0.3 is 0 Å². The number of nitrogens with zero attached hydrogens (tertiary/aromatic N) is 3. The quantitative estimate of drug-likeness (QED) is 0.529. The number of carbonyl (C=O) groups excluding carboxylic acids is 1. The zero-order valence-corrected chi connectivity index (χ0v) is 18.9. The van der Waals surface area contributed by atoms with Gasteiger partial charge in [-0.3, -0.25) is 9.69 Å². The van der Waals surface area contributed by atoms with Crippen LogP contribution in [0.5, 0.6) is 5.75 Å². The van der Waals surface area contributed by atoms with E-state index in [0.29, 0.717) is 42.6 Å². The van der Waals surface area contributed by atoms with Crippen LogP contribution in [0.2, 0.25) is 0 Å². The number of ether oxygens (including phenoxy) is 1. The molecule has 1 fully saturated rings. The number of nitrogens with one attached hydrogen (secondary N) is 1. The van der Waals surface area contributed by atoms with Crippen molar-refractivity contribution in [1.82, 2.24) is 15.1 Å². The van der Waals surface area contributed by atoms with Crippen LogP contribution < -0.4 is 15.8 Å². The van der Waals surface area contributed by atoms with Crippen molar-refractivity contribution in [3.8, 4) is 5.75 Å². The summed E-state index contributed by atoms with van der Waals surface area (Å²) >= 11 is 0. The Balaban J connectivity index is 1.78. The predicted molar refractivity (Wildman–Crippen MR) is 123 cm³/mol. The molecule has 1 aliphatic rings. The molecule has 0 saturated carbocycles. The maximum atomic E-state index is 14.6. The molecule has 2 heterocycles. The molecule has 3 aromatic rings. The van der Waals surface area contributed by atoms with Gasteiger partial charge in [0.05, 0.1) is 30.5 Å². The summed E-state index contributed by atoms with van der Waals surface area (Å²) in [6.07, 6.45) is -1.02. The second-order valence-electron chi connectivity index (χ2n) is 8.47. The predicted octanol–water partition coefficient (Wildman–Crippen LogP) is 4.37. The van der Waals surface area contributed by atoms with Gasteiger partial charge in [0.2, 0.25) is 0 Å². The molecule has 1 aliphatic heterocycles. The van der Waals surface area contributed by atoms with E-state index in [9.17, 15) is 18.0 Å². The summed E-state index contributed by atoms with van der Waals surface area (Å²) < 4.78 is 45.7. The van der Waals surface area contributed by atoms with Crippen LogP contribution in [0.25, 0.3) is 10.9 Å². The molecule has 10 heteroatoms. The molecule has 4 rings (SSSR count). The van der Waals surface area contributed by atoms with Crippen LogP contribution in [0.15, 0.2) is 30.3 Å². The number of piperidine rings is 1. The van der Waals surface area contributed by atoms with Gasteiger partial charge in [0.15, 0.2) is 5.69 Å². The Morgan fingerprint density at radius 2 is 1.97 bits per heavy atom. The number of benzene rings is 2. The summed E-state index contributed by atoms with van der Waals surface area (Å²) in [6, 6.07) is 8.26. The van der Waals surface area contributed by atoms with E-state index in [1.165, 1.54) is 6.07 Å². The molecule has 34 heavy (non-hydrogen) atoms. The Labute approximate surface area is 195 Å². The SMILES string of the molecule is COc1cc2nnc(C(N)=O)c(Nc3ccc(C)cc3F)c2cc1C1CCN(CC(F)F)CC1. The number of hydrogen-bond acceptors (Lipinski definition) is 6. The summed E-state index contributed by atoms with van der Waals surface area (Å²) in [5, 5.41) is 11.6. The van der Waals surface area contributed by atoms with Gasteiger partial charge in [0, 0.05) is 11.5 Å². The summed E-state index contributed by atoms with van der Waals surface area (Å²) in [5.74, 6) is -0.640. The van der Waals surface area contributed by atoms with E-state index < -0.39 is 18.1 Å². The summed E-state index contributed by atoms with van der Waals surface area (Å²) in [6.45, 7) is 2.61. The van der Waals surface area contributed by atoms with Crippen LogP contribution >= 0.6 is 0 Å². The second-order valence-corrected chi connectivity index (χ2v) is 8.47. The fourth-order valence-corrected chi connectivity index (χ4v) is 4.42. The van der Waals surface area contributed by atoms with Crippen molar-refractivity contribution < 1.29 is 22.7 Å². The van der Waals surface area contributed by atoms with Crippen molar-refractivity contribution in [3.63, 3.8) is 0 Å². The number of hydrogen-bond donors (Lipinski definition) is 2. The normalized spacial score (nSPS) is 15.1. The first-order valence-electron chi connectivity index (χ1n) is 11.0. The van der Waals surface area contributed by atoms with Crippen molar-refractivity contribution in [2.45, 2.75) is 32.1 Å². The zero-order chi connectivity index (χ0) is 24.4. The standard InChI is InChI=1S/C24H26F3N5O2/c1-13-3-4-18(17(25)9-13)29-22-16-10-15(14-5-7-32(8-6-14)12-21(26)27)20(34-2)11-19(16)30-31-23(22)24(28)33/h3-4,9-11,14,21H,5-8,12H2,1-2H3,(H2,28,33)(H,29,30). The molecule has 1 aromatic heterocycles. The van der Waals surface area contributed by atoms with Gasteiger partial charge in [-0.1, -0.05) is 6.07 Å². The second kappa shape index (κ2) is 9.84.